The lowest BCUT2D eigenvalue weighted by Crippen LogP contribution is -2.31. The van der Waals surface area contributed by atoms with Crippen molar-refractivity contribution in [2.75, 3.05) is 13.1 Å². The van der Waals surface area contributed by atoms with Gasteiger partial charge in [-0.15, -0.1) is 0 Å². The molecule has 1 fully saturated rings. The fourth-order valence-electron chi connectivity index (χ4n) is 3.12. The van der Waals surface area contributed by atoms with Crippen molar-refractivity contribution in [3.05, 3.63) is 30.0 Å². The van der Waals surface area contributed by atoms with E-state index in [4.69, 9.17) is 0 Å². The Morgan fingerprint density at radius 1 is 1.09 bits per heavy atom. The molecule has 3 rings (SSSR count). The molecule has 7 heteroatoms. The van der Waals surface area contributed by atoms with Gasteiger partial charge in [0.1, 0.15) is 5.69 Å². The van der Waals surface area contributed by atoms with Crippen LogP contribution in [0.4, 0.5) is 0 Å². The van der Waals surface area contributed by atoms with Gasteiger partial charge in [0.25, 0.3) is 0 Å². The molecule has 0 saturated carbocycles. The molecule has 0 unspecified atom stereocenters. The molecule has 0 spiro atoms. The monoisotopic (exact) mass is 336 g/mol. The van der Waals surface area contributed by atoms with Crippen LogP contribution in [-0.2, 0) is 17.1 Å². The van der Waals surface area contributed by atoms with E-state index in [1.807, 2.05) is 0 Å². The number of hydrogen-bond acceptors (Lipinski definition) is 3. The van der Waals surface area contributed by atoms with E-state index in [1.165, 1.54) is 6.07 Å². The zero-order chi connectivity index (χ0) is 16.6. The third kappa shape index (κ3) is 2.86. The lowest BCUT2D eigenvalue weighted by molar-refractivity contribution is 0.0687. The predicted octanol–water partition coefficient (Wildman–Crippen LogP) is 2.44. The Labute approximate surface area is 135 Å². The molecule has 2 aromatic rings. The van der Waals surface area contributed by atoms with Crippen LogP contribution in [0, 0.1) is 0 Å². The maximum Gasteiger partial charge on any atom is 0.352 e. The minimum atomic E-state index is -3.52. The van der Waals surface area contributed by atoms with Crippen LogP contribution in [0.15, 0.2) is 29.2 Å². The van der Waals surface area contributed by atoms with Gasteiger partial charge in [-0.1, -0.05) is 12.8 Å². The van der Waals surface area contributed by atoms with E-state index >= 15 is 0 Å². The number of carbonyl (C=O) groups is 1. The maximum atomic E-state index is 12.8. The van der Waals surface area contributed by atoms with Crippen LogP contribution in [0.3, 0.4) is 0 Å². The largest absolute Gasteiger partial charge is 0.477 e. The SMILES string of the molecule is Cn1c(C(=O)O)cc2cc(S(=O)(=O)N3CCCCCC3)ccc21. The first-order valence-corrected chi connectivity index (χ1v) is 9.18. The number of aromatic nitrogens is 1. The first-order valence-electron chi connectivity index (χ1n) is 7.74. The molecular weight excluding hydrogens is 316 g/mol. The Bertz CT molecular complexity index is 846. The van der Waals surface area contributed by atoms with Gasteiger partial charge in [-0.2, -0.15) is 4.31 Å². The molecule has 0 aliphatic carbocycles. The quantitative estimate of drug-likeness (QED) is 0.933. The van der Waals surface area contributed by atoms with Gasteiger partial charge >= 0.3 is 5.97 Å². The van der Waals surface area contributed by atoms with Crippen LogP contribution >= 0.6 is 0 Å². The van der Waals surface area contributed by atoms with Crippen molar-refractivity contribution in [3.63, 3.8) is 0 Å². The van der Waals surface area contributed by atoms with Crippen molar-refractivity contribution in [1.29, 1.82) is 0 Å². The molecular formula is C16H20N2O4S. The second-order valence-corrected chi connectivity index (χ2v) is 7.87. The van der Waals surface area contributed by atoms with Crippen LogP contribution in [0.2, 0.25) is 0 Å². The first-order chi connectivity index (χ1) is 10.9. The summed E-state index contributed by atoms with van der Waals surface area (Å²) in [7, 11) is -1.86. The average molecular weight is 336 g/mol. The molecule has 1 aromatic heterocycles. The lowest BCUT2D eigenvalue weighted by atomic mass is 10.2. The topological polar surface area (TPSA) is 79.6 Å². The summed E-state index contributed by atoms with van der Waals surface area (Å²) >= 11 is 0. The Morgan fingerprint density at radius 2 is 1.74 bits per heavy atom. The highest BCUT2D eigenvalue weighted by Crippen LogP contribution is 2.26. The van der Waals surface area contributed by atoms with E-state index < -0.39 is 16.0 Å². The van der Waals surface area contributed by atoms with Crippen molar-refractivity contribution in [2.45, 2.75) is 30.6 Å². The normalized spacial score (nSPS) is 17.3. The number of hydrogen-bond donors (Lipinski definition) is 1. The van der Waals surface area contributed by atoms with E-state index in [2.05, 4.69) is 0 Å². The number of sulfonamides is 1. The molecule has 1 N–H and O–H groups in total. The fourth-order valence-corrected chi connectivity index (χ4v) is 4.68. The molecule has 1 saturated heterocycles. The van der Waals surface area contributed by atoms with Crippen LogP contribution < -0.4 is 0 Å². The van der Waals surface area contributed by atoms with Crippen LogP contribution in [-0.4, -0.2) is 41.5 Å². The number of aryl methyl sites for hydroxylation is 1. The Balaban J connectivity index is 2.04. The van der Waals surface area contributed by atoms with Gasteiger partial charge < -0.3 is 9.67 Å². The van der Waals surface area contributed by atoms with E-state index in [1.54, 1.807) is 34.1 Å². The van der Waals surface area contributed by atoms with Gasteiger partial charge in [-0.3, -0.25) is 0 Å². The summed E-state index contributed by atoms with van der Waals surface area (Å²) in [5.74, 6) is -1.03. The summed E-state index contributed by atoms with van der Waals surface area (Å²) in [5.41, 5.74) is 0.849. The highest BCUT2D eigenvalue weighted by atomic mass is 32.2. The van der Waals surface area contributed by atoms with Crippen LogP contribution in [0.25, 0.3) is 10.9 Å². The van der Waals surface area contributed by atoms with Crippen molar-refractivity contribution in [3.8, 4) is 0 Å². The third-order valence-corrected chi connectivity index (χ3v) is 6.33. The number of nitrogens with zero attached hydrogens (tertiary/aromatic N) is 2. The lowest BCUT2D eigenvalue weighted by Gasteiger charge is -2.20. The zero-order valence-corrected chi connectivity index (χ0v) is 13.8. The van der Waals surface area contributed by atoms with Crippen LogP contribution in [0.5, 0.6) is 0 Å². The summed E-state index contributed by atoms with van der Waals surface area (Å²) in [6.45, 7) is 1.10. The molecule has 124 valence electrons. The third-order valence-electron chi connectivity index (χ3n) is 4.44. The molecule has 6 nitrogen and oxygen atoms in total. The summed E-state index contributed by atoms with van der Waals surface area (Å²) < 4.78 is 28.7. The van der Waals surface area contributed by atoms with Gasteiger partial charge in [-0.25, -0.2) is 13.2 Å². The highest BCUT2D eigenvalue weighted by molar-refractivity contribution is 7.89. The number of fused-ring (bicyclic) bond motifs is 1. The summed E-state index contributed by atoms with van der Waals surface area (Å²) in [6.07, 6.45) is 3.89. The van der Waals surface area contributed by atoms with Crippen molar-refractivity contribution < 1.29 is 18.3 Å². The molecule has 0 radical (unpaired) electrons. The van der Waals surface area contributed by atoms with Crippen molar-refractivity contribution in [2.24, 2.45) is 7.05 Å². The smallest absolute Gasteiger partial charge is 0.352 e. The predicted molar refractivity (Wildman–Crippen MR) is 87.1 cm³/mol. The van der Waals surface area contributed by atoms with E-state index in [9.17, 15) is 18.3 Å². The number of rotatable bonds is 3. The van der Waals surface area contributed by atoms with Crippen molar-refractivity contribution in [1.82, 2.24) is 8.87 Å². The molecule has 23 heavy (non-hydrogen) atoms. The average Bonchev–Trinajstić information content (AvgIpc) is 2.69. The zero-order valence-electron chi connectivity index (χ0n) is 13.0. The number of carboxylic acids is 1. The molecule has 2 heterocycles. The number of benzene rings is 1. The number of aromatic carboxylic acids is 1. The summed E-state index contributed by atoms with van der Waals surface area (Å²) in [6, 6.07) is 6.32. The van der Waals surface area contributed by atoms with Gasteiger partial charge in [0.2, 0.25) is 10.0 Å². The molecule has 0 atom stereocenters. The summed E-state index contributed by atoms with van der Waals surface area (Å²) in [4.78, 5) is 11.4. The van der Waals surface area contributed by atoms with Gasteiger partial charge in [-0.05, 0) is 37.1 Å². The minimum Gasteiger partial charge on any atom is -0.477 e. The van der Waals surface area contributed by atoms with Crippen LogP contribution in [0.1, 0.15) is 36.2 Å². The summed E-state index contributed by atoms with van der Waals surface area (Å²) in [5, 5.41) is 9.81. The second-order valence-electron chi connectivity index (χ2n) is 5.93. The maximum absolute atomic E-state index is 12.8. The standard InChI is InChI=1S/C16H20N2O4S/c1-17-14-7-6-13(10-12(14)11-15(17)16(19)20)23(21,22)18-8-4-2-3-5-9-18/h6-7,10-11H,2-5,8-9H2,1H3,(H,19,20). The Hall–Kier alpha value is -1.86. The van der Waals surface area contributed by atoms with Crippen molar-refractivity contribution >= 4 is 26.9 Å². The van der Waals surface area contributed by atoms with E-state index in [-0.39, 0.29) is 10.6 Å². The highest BCUT2D eigenvalue weighted by Gasteiger charge is 2.25. The van der Waals surface area contributed by atoms with Gasteiger partial charge in [0.15, 0.2) is 0 Å². The molecule has 1 aromatic carbocycles. The van der Waals surface area contributed by atoms with Gasteiger partial charge in [0.05, 0.1) is 4.90 Å². The minimum absolute atomic E-state index is 0.143. The molecule has 0 amide bonds. The fraction of sp³-hybridized carbons (Fsp3) is 0.438. The van der Waals surface area contributed by atoms with E-state index in [0.29, 0.717) is 24.0 Å². The first kappa shape index (κ1) is 16.0. The second kappa shape index (κ2) is 5.98. The molecule has 1 aliphatic rings. The Morgan fingerprint density at radius 3 is 2.35 bits per heavy atom. The molecule has 0 bridgehead atoms. The Kier molecular flexibility index (Phi) is 4.16. The van der Waals surface area contributed by atoms with E-state index in [0.717, 1.165) is 25.7 Å². The van der Waals surface area contributed by atoms with Gasteiger partial charge in [0, 0.05) is 31.0 Å². The number of carboxylic acid groups (broad SMARTS) is 1. The molecule has 1 aliphatic heterocycles.